The highest BCUT2D eigenvalue weighted by molar-refractivity contribution is 6.30. The second-order valence-electron chi connectivity index (χ2n) is 6.14. The zero-order valence-corrected chi connectivity index (χ0v) is 15.2. The number of benzene rings is 2. The molecule has 1 saturated heterocycles. The van der Waals surface area contributed by atoms with E-state index in [1.54, 1.807) is 41.3 Å². The average Bonchev–Trinajstić information content (AvgIpc) is 2.69. The zero-order valence-electron chi connectivity index (χ0n) is 14.5. The number of methoxy groups -OCH3 is 1. The molecule has 2 aromatic carbocycles. The number of carbonyl (C=O) groups excluding carboxylic acids is 2. The Bertz CT molecular complexity index is 783. The molecule has 1 fully saturated rings. The number of piperidine rings is 1. The molecule has 0 spiro atoms. The number of halogens is 1. The SMILES string of the molecule is COC(=O)c1cccc(C(=O)N2CCC(Oc3ccc(Cl)cc3)CC2)c1. The van der Waals surface area contributed by atoms with Crippen molar-refractivity contribution in [1.82, 2.24) is 4.90 Å². The van der Waals surface area contributed by atoms with Crippen molar-refractivity contribution in [3.8, 4) is 5.75 Å². The number of likely N-dealkylation sites (tertiary alicyclic amines) is 1. The van der Waals surface area contributed by atoms with Crippen molar-refractivity contribution in [3.63, 3.8) is 0 Å². The van der Waals surface area contributed by atoms with Gasteiger partial charge in [-0.3, -0.25) is 4.79 Å². The molecule has 2 aromatic rings. The number of esters is 1. The fraction of sp³-hybridized carbons (Fsp3) is 0.300. The number of amides is 1. The van der Waals surface area contributed by atoms with E-state index in [-0.39, 0.29) is 12.0 Å². The number of nitrogens with zero attached hydrogens (tertiary/aromatic N) is 1. The van der Waals surface area contributed by atoms with Gasteiger partial charge in [0.05, 0.1) is 12.7 Å². The third kappa shape index (κ3) is 4.35. The topological polar surface area (TPSA) is 55.8 Å². The van der Waals surface area contributed by atoms with E-state index in [2.05, 4.69) is 0 Å². The van der Waals surface area contributed by atoms with Gasteiger partial charge in [-0.2, -0.15) is 0 Å². The van der Waals surface area contributed by atoms with Gasteiger partial charge in [-0.05, 0) is 42.5 Å². The maximum atomic E-state index is 12.7. The van der Waals surface area contributed by atoms with Crippen molar-refractivity contribution >= 4 is 23.5 Å². The molecule has 5 nitrogen and oxygen atoms in total. The van der Waals surface area contributed by atoms with Crippen molar-refractivity contribution < 1.29 is 19.1 Å². The maximum absolute atomic E-state index is 12.7. The fourth-order valence-corrected chi connectivity index (χ4v) is 3.09. The highest BCUT2D eigenvalue weighted by Crippen LogP contribution is 2.22. The van der Waals surface area contributed by atoms with Crippen LogP contribution >= 0.6 is 11.6 Å². The molecule has 0 aliphatic carbocycles. The van der Waals surface area contributed by atoms with Crippen LogP contribution in [0.1, 0.15) is 33.6 Å². The molecule has 1 heterocycles. The highest BCUT2D eigenvalue weighted by atomic mass is 35.5. The minimum atomic E-state index is -0.449. The summed E-state index contributed by atoms with van der Waals surface area (Å²) in [6, 6.07) is 13.9. The molecular weight excluding hydrogens is 354 g/mol. The molecule has 1 amide bonds. The number of ether oxygens (including phenoxy) is 2. The normalized spacial score (nSPS) is 14.8. The Morgan fingerprint density at radius 2 is 1.69 bits per heavy atom. The minimum Gasteiger partial charge on any atom is -0.490 e. The van der Waals surface area contributed by atoms with Crippen LogP contribution in [0.5, 0.6) is 5.75 Å². The molecule has 1 aliphatic rings. The van der Waals surface area contributed by atoms with Crippen molar-refractivity contribution in [3.05, 3.63) is 64.7 Å². The standard InChI is InChI=1S/C20H20ClNO4/c1-25-20(24)15-4-2-3-14(13-15)19(23)22-11-9-18(10-12-22)26-17-7-5-16(21)6-8-17/h2-8,13,18H,9-12H2,1H3. The molecule has 0 aromatic heterocycles. The Balaban J connectivity index is 1.58. The largest absolute Gasteiger partial charge is 0.490 e. The molecule has 26 heavy (non-hydrogen) atoms. The average molecular weight is 374 g/mol. The van der Waals surface area contributed by atoms with Gasteiger partial charge in [0, 0.05) is 36.5 Å². The lowest BCUT2D eigenvalue weighted by Gasteiger charge is -2.32. The lowest BCUT2D eigenvalue weighted by atomic mass is 10.0. The van der Waals surface area contributed by atoms with Crippen LogP contribution < -0.4 is 4.74 Å². The second-order valence-corrected chi connectivity index (χ2v) is 6.57. The molecule has 0 unspecified atom stereocenters. The minimum absolute atomic E-state index is 0.0710. The van der Waals surface area contributed by atoms with Crippen molar-refractivity contribution in [2.75, 3.05) is 20.2 Å². The Morgan fingerprint density at radius 3 is 2.35 bits per heavy atom. The van der Waals surface area contributed by atoms with Gasteiger partial charge in [0.1, 0.15) is 11.9 Å². The van der Waals surface area contributed by atoms with Crippen LogP contribution in [0.4, 0.5) is 0 Å². The quantitative estimate of drug-likeness (QED) is 0.765. The van der Waals surface area contributed by atoms with E-state index in [1.807, 2.05) is 12.1 Å². The lowest BCUT2D eigenvalue weighted by molar-refractivity contribution is 0.0595. The molecule has 0 radical (unpaired) electrons. The Hall–Kier alpha value is -2.53. The Kier molecular flexibility index (Phi) is 5.78. The molecule has 1 aliphatic heterocycles. The predicted molar refractivity (Wildman–Crippen MR) is 98.8 cm³/mol. The number of rotatable bonds is 4. The van der Waals surface area contributed by atoms with Gasteiger partial charge in [0.25, 0.3) is 5.91 Å². The first-order chi connectivity index (χ1) is 12.6. The van der Waals surface area contributed by atoms with Gasteiger partial charge >= 0.3 is 5.97 Å². The van der Waals surface area contributed by atoms with Crippen LogP contribution in [0.3, 0.4) is 0 Å². The molecule has 0 saturated carbocycles. The third-order valence-electron chi connectivity index (χ3n) is 4.38. The second kappa shape index (κ2) is 8.23. The summed E-state index contributed by atoms with van der Waals surface area (Å²) in [5, 5.41) is 0.673. The predicted octanol–water partition coefficient (Wildman–Crippen LogP) is 3.81. The van der Waals surface area contributed by atoms with E-state index in [0.717, 1.165) is 18.6 Å². The maximum Gasteiger partial charge on any atom is 0.337 e. The number of carbonyl (C=O) groups is 2. The van der Waals surface area contributed by atoms with Crippen LogP contribution in [0, 0.1) is 0 Å². The van der Waals surface area contributed by atoms with Gasteiger partial charge in [-0.25, -0.2) is 4.79 Å². The molecule has 0 atom stereocenters. The van der Waals surface area contributed by atoms with E-state index in [9.17, 15) is 9.59 Å². The summed E-state index contributed by atoms with van der Waals surface area (Å²) in [6.45, 7) is 1.22. The monoisotopic (exact) mass is 373 g/mol. The van der Waals surface area contributed by atoms with Gasteiger partial charge in [-0.15, -0.1) is 0 Å². The molecule has 6 heteroatoms. The summed E-state index contributed by atoms with van der Waals surface area (Å²) in [7, 11) is 1.32. The molecule has 3 rings (SSSR count). The van der Waals surface area contributed by atoms with Gasteiger partial charge in [0.2, 0.25) is 0 Å². The Labute approximate surface area is 157 Å². The van der Waals surface area contributed by atoms with Crippen LogP contribution in [-0.4, -0.2) is 43.1 Å². The summed E-state index contributed by atoms with van der Waals surface area (Å²) in [5.74, 6) is 0.250. The highest BCUT2D eigenvalue weighted by Gasteiger charge is 2.25. The van der Waals surface area contributed by atoms with Crippen LogP contribution in [0.2, 0.25) is 5.02 Å². The first kappa shape index (κ1) is 18.3. The van der Waals surface area contributed by atoms with E-state index in [1.165, 1.54) is 7.11 Å². The number of hydrogen-bond acceptors (Lipinski definition) is 4. The summed E-state index contributed by atoms with van der Waals surface area (Å²) >= 11 is 5.88. The summed E-state index contributed by atoms with van der Waals surface area (Å²) < 4.78 is 10.7. The molecule has 0 bridgehead atoms. The van der Waals surface area contributed by atoms with Gasteiger partial charge in [0.15, 0.2) is 0 Å². The number of hydrogen-bond donors (Lipinski definition) is 0. The van der Waals surface area contributed by atoms with E-state index in [0.29, 0.717) is 29.2 Å². The zero-order chi connectivity index (χ0) is 18.5. The molecule has 136 valence electrons. The Morgan fingerprint density at radius 1 is 1.04 bits per heavy atom. The first-order valence-corrected chi connectivity index (χ1v) is 8.84. The summed E-state index contributed by atoms with van der Waals surface area (Å²) in [4.78, 5) is 26.1. The van der Waals surface area contributed by atoms with E-state index in [4.69, 9.17) is 21.1 Å². The van der Waals surface area contributed by atoms with E-state index < -0.39 is 5.97 Å². The van der Waals surface area contributed by atoms with Crippen LogP contribution in [-0.2, 0) is 4.74 Å². The summed E-state index contributed by atoms with van der Waals surface area (Å²) in [5.41, 5.74) is 0.865. The first-order valence-electron chi connectivity index (χ1n) is 8.46. The smallest absolute Gasteiger partial charge is 0.337 e. The fourth-order valence-electron chi connectivity index (χ4n) is 2.96. The van der Waals surface area contributed by atoms with Crippen molar-refractivity contribution in [2.45, 2.75) is 18.9 Å². The lowest BCUT2D eigenvalue weighted by Crippen LogP contribution is -2.41. The van der Waals surface area contributed by atoms with Crippen LogP contribution in [0.15, 0.2) is 48.5 Å². The van der Waals surface area contributed by atoms with Gasteiger partial charge < -0.3 is 14.4 Å². The van der Waals surface area contributed by atoms with Crippen molar-refractivity contribution in [1.29, 1.82) is 0 Å². The van der Waals surface area contributed by atoms with Crippen LogP contribution in [0.25, 0.3) is 0 Å². The molecular formula is C20H20ClNO4. The van der Waals surface area contributed by atoms with E-state index >= 15 is 0 Å². The van der Waals surface area contributed by atoms with Gasteiger partial charge in [-0.1, -0.05) is 17.7 Å². The summed E-state index contributed by atoms with van der Waals surface area (Å²) in [6.07, 6.45) is 1.58. The third-order valence-corrected chi connectivity index (χ3v) is 4.63. The van der Waals surface area contributed by atoms with Crippen molar-refractivity contribution in [2.24, 2.45) is 0 Å². The molecule has 0 N–H and O–H groups in total.